The SMILES string of the molecule is Cc1ccccc1C(=O)c1cc(O)c(O)cc1O. The fraction of sp³-hybridized carbons (Fsp3) is 0.0714. The molecule has 0 aromatic heterocycles. The first kappa shape index (κ1) is 12.0. The van der Waals surface area contributed by atoms with Gasteiger partial charge in [0.25, 0.3) is 0 Å². The molecular formula is C14H12O4. The van der Waals surface area contributed by atoms with E-state index in [9.17, 15) is 20.1 Å². The number of benzene rings is 2. The fourth-order valence-corrected chi connectivity index (χ4v) is 1.72. The van der Waals surface area contributed by atoms with Crippen molar-refractivity contribution in [1.82, 2.24) is 0 Å². The van der Waals surface area contributed by atoms with E-state index in [1.54, 1.807) is 31.2 Å². The Hall–Kier alpha value is -2.49. The van der Waals surface area contributed by atoms with Crippen molar-refractivity contribution in [2.45, 2.75) is 6.92 Å². The smallest absolute Gasteiger partial charge is 0.197 e. The zero-order chi connectivity index (χ0) is 13.3. The maximum Gasteiger partial charge on any atom is 0.197 e. The second-order valence-corrected chi connectivity index (χ2v) is 4.00. The molecule has 18 heavy (non-hydrogen) atoms. The van der Waals surface area contributed by atoms with Crippen LogP contribution in [-0.4, -0.2) is 21.1 Å². The Labute approximate surface area is 104 Å². The highest BCUT2D eigenvalue weighted by Gasteiger charge is 2.17. The van der Waals surface area contributed by atoms with Crippen LogP contribution in [0.3, 0.4) is 0 Å². The number of phenolic OH excluding ortho intramolecular Hbond substituents is 3. The van der Waals surface area contributed by atoms with Gasteiger partial charge >= 0.3 is 0 Å². The van der Waals surface area contributed by atoms with Crippen molar-refractivity contribution in [1.29, 1.82) is 0 Å². The summed E-state index contributed by atoms with van der Waals surface area (Å²) < 4.78 is 0. The van der Waals surface area contributed by atoms with E-state index in [4.69, 9.17) is 0 Å². The number of carbonyl (C=O) groups is 1. The molecule has 3 N–H and O–H groups in total. The van der Waals surface area contributed by atoms with Crippen LogP contribution in [0, 0.1) is 6.92 Å². The molecule has 0 heterocycles. The van der Waals surface area contributed by atoms with Crippen molar-refractivity contribution in [3.05, 3.63) is 53.1 Å². The third-order valence-electron chi connectivity index (χ3n) is 2.73. The Bertz CT molecular complexity index is 617. The van der Waals surface area contributed by atoms with Crippen LogP contribution in [-0.2, 0) is 0 Å². The Morgan fingerprint density at radius 3 is 2.17 bits per heavy atom. The number of hydrogen-bond acceptors (Lipinski definition) is 4. The minimum atomic E-state index is -0.464. The van der Waals surface area contributed by atoms with Crippen LogP contribution in [0.1, 0.15) is 21.5 Å². The Morgan fingerprint density at radius 1 is 0.889 bits per heavy atom. The fourth-order valence-electron chi connectivity index (χ4n) is 1.72. The van der Waals surface area contributed by atoms with Gasteiger partial charge in [-0.1, -0.05) is 24.3 Å². The molecular weight excluding hydrogens is 232 g/mol. The average Bonchev–Trinajstić information content (AvgIpc) is 2.33. The van der Waals surface area contributed by atoms with Crippen LogP contribution in [0.2, 0.25) is 0 Å². The third-order valence-corrected chi connectivity index (χ3v) is 2.73. The van der Waals surface area contributed by atoms with E-state index < -0.39 is 17.3 Å². The Balaban J connectivity index is 2.53. The van der Waals surface area contributed by atoms with E-state index in [1.807, 2.05) is 0 Å². The molecule has 0 aliphatic carbocycles. The summed E-state index contributed by atoms with van der Waals surface area (Å²) in [4.78, 5) is 12.2. The standard InChI is InChI=1S/C14H12O4/c1-8-4-2-3-5-9(8)14(18)10-6-12(16)13(17)7-11(10)15/h2-7,15-17H,1H3. The zero-order valence-corrected chi connectivity index (χ0v) is 9.71. The molecule has 92 valence electrons. The largest absolute Gasteiger partial charge is 0.507 e. The summed E-state index contributed by atoms with van der Waals surface area (Å²) in [5.74, 6) is -1.67. The van der Waals surface area contributed by atoms with E-state index in [-0.39, 0.29) is 11.3 Å². The minimum Gasteiger partial charge on any atom is -0.507 e. The topological polar surface area (TPSA) is 77.8 Å². The maximum absolute atomic E-state index is 12.2. The van der Waals surface area contributed by atoms with Crippen LogP contribution in [0.5, 0.6) is 17.2 Å². The zero-order valence-electron chi connectivity index (χ0n) is 9.71. The van der Waals surface area contributed by atoms with Gasteiger partial charge < -0.3 is 15.3 Å². The molecule has 0 aliphatic heterocycles. The van der Waals surface area contributed by atoms with Crippen LogP contribution < -0.4 is 0 Å². The van der Waals surface area contributed by atoms with Gasteiger partial charge in [-0.2, -0.15) is 0 Å². The number of rotatable bonds is 2. The van der Waals surface area contributed by atoms with Crippen molar-refractivity contribution in [2.75, 3.05) is 0 Å². The van der Waals surface area contributed by atoms with Crippen molar-refractivity contribution < 1.29 is 20.1 Å². The lowest BCUT2D eigenvalue weighted by atomic mass is 9.98. The number of aromatic hydroxyl groups is 3. The van der Waals surface area contributed by atoms with Crippen molar-refractivity contribution >= 4 is 5.78 Å². The van der Waals surface area contributed by atoms with Gasteiger partial charge in [-0.25, -0.2) is 0 Å². The van der Waals surface area contributed by atoms with Gasteiger partial charge in [0, 0.05) is 11.6 Å². The van der Waals surface area contributed by atoms with Crippen LogP contribution in [0.25, 0.3) is 0 Å². The Morgan fingerprint density at radius 2 is 1.50 bits per heavy atom. The molecule has 0 bridgehead atoms. The van der Waals surface area contributed by atoms with Gasteiger partial charge in [-0.05, 0) is 18.6 Å². The molecule has 0 spiro atoms. The van der Waals surface area contributed by atoms with Crippen molar-refractivity contribution in [2.24, 2.45) is 0 Å². The van der Waals surface area contributed by atoms with Crippen molar-refractivity contribution in [3.8, 4) is 17.2 Å². The highest BCUT2D eigenvalue weighted by Crippen LogP contribution is 2.33. The van der Waals surface area contributed by atoms with Crippen molar-refractivity contribution in [3.63, 3.8) is 0 Å². The molecule has 0 saturated carbocycles. The molecule has 4 nitrogen and oxygen atoms in total. The van der Waals surface area contributed by atoms with E-state index in [1.165, 1.54) is 0 Å². The molecule has 0 fully saturated rings. The summed E-state index contributed by atoms with van der Waals surface area (Å²) in [6, 6.07) is 8.95. The van der Waals surface area contributed by atoms with E-state index in [0.29, 0.717) is 5.56 Å². The summed E-state index contributed by atoms with van der Waals surface area (Å²) in [6.07, 6.45) is 0. The molecule has 2 aromatic carbocycles. The normalized spacial score (nSPS) is 10.3. The van der Waals surface area contributed by atoms with Gasteiger partial charge in [-0.3, -0.25) is 4.79 Å². The first-order valence-electron chi connectivity index (χ1n) is 5.36. The number of ketones is 1. The van der Waals surface area contributed by atoms with Gasteiger partial charge in [0.05, 0.1) is 5.56 Å². The molecule has 0 atom stereocenters. The van der Waals surface area contributed by atoms with Gasteiger partial charge in [0.2, 0.25) is 0 Å². The number of hydrogen-bond donors (Lipinski definition) is 3. The quantitative estimate of drug-likeness (QED) is 0.430. The highest BCUT2D eigenvalue weighted by atomic mass is 16.3. The maximum atomic E-state index is 12.2. The second kappa shape index (κ2) is 4.41. The van der Waals surface area contributed by atoms with Gasteiger partial charge in [-0.15, -0.1) is 0 Å². The van der Waals surface area contributed by atoms with Crippen LogP contribution in [0.4, 0.5) is 0 Å². The number of aryl methyl sites for hydroxylation is 1. The lowest BCUT2D eigenvalue weighted by molar-refractivity contribution is 0.103. The molecule has 4 heteroatoms. The summed E-state index contributed by atoms with van der Waals surface area (Å²) in [6.45, 7) is 1.78. The molecule has 0 amide bonds. The molecule has 0 radical (unpaired) electrons. The molecule has 2 aromatic rings. The number of carbonyl (C=O) groups excluding carboxylic acids is 1. The van der Waals surface area contributed by atoms with Crippen LogP contribution >= 0.6 is 0 Å². The lowest BCUT2D eigenvalue weighted by Crippen LogP contribution is -2.03. The van der Waals surface area contributed by atoms with Gasteiger partial charge in [0.1, 0.15) is 5.75 Å². The van der Waals surface area contributed by atoms with E-state index in [0.717, 1.165) is 17.7 Å². The summed E-state index contributed by atoms with van der Waals surface area (Å²) in [5.41, 5.74) is 1.17. The summed E-state index contributed by atoms with van der Waals surface area (Å²) in [5, 5.41) is 28.2. The molecule has 0 aliphatic rings. The van der Waals surface area contributed by atoms with Crippen LogP contribution in [0.15, 0.2) is 36.4 Å². The first-order valence-corrected chi connectivity index (χ1v) is 5.36. The molecule has 2 rings (SSSR count). The minimum absolute atomic E-state index is 0.0420. The van der Waals surface area contributed by atoms with E-state index >= 15 is 0 Å². The molecule has 0 unspecified atom stereocenters. The van der Waals surface area contributed by atoms with Gasteiger partial charge in [0.15, 0.2) is 17.3 Å². The molecule has 0 saturated heterocycles. The predicted octanol–water partition coefficient (Wildman–Crippen LogP) is 2.34. The predicted molar refractivity (Wildman–Crippen MR) is 66.0 cm³/mol. The summed E-state index contributed by atoms with van der Waals surface area (Å²) in [7, 11) is 0. The second-order valence-electron chi connectivity index (χ2n) is 4.00. The first-order chi connectivity index (χ1) is 8.50. The lowest BCUT2D eigenvalue weighted by Gasteiger charge is -2.08. The monoisotopic (exact) mass is 244 g/mol. The average molecular weight is 244 g/mol. The highest BCUT2D eigenvalue weighted by molar-refractivity contribution is 6.11. The number of phenols is 3. The third kappa shape index (κ3) is 2.00. The summed E-state index contributed by atoms with van der Waals surface area (Å²) >= 11 is 0. The Kier molecular flexibility index (Phi) is 2.93. The van der Waals surface area contributed by atoms with E-state index in [2.05, 4.69) is 0 Å².